The molecule has 1 aromatic rings. The smallest absolute Gasteiger partial charge is 0.243 e. The van der Waals surface area contributed by atoms with E-state index in [1.165, 1.54) is 4.31 Å². The molecule has 1 N–H and O–H groups in total. The van der Waals surface area contributed by atoms with Crippen LogP contribution in [0, 0.1) is 12.8 Å². The lowest BCUT2D eigenvalue weighted by Crippen LogP contribution is -2.36. The Bertz CT molecular complexity index is 568. The average molecular weight is 312 g/mol. The number of sulfonamides is 1. The lowest BCUT2D eigenvalue weighted by atomic mass is 10.1. The van der Waals surface area contributed by atoms with Crippen LogP contribution in [0.25, 0.3) is 0 Å². The van der Waals surface area contributed by atoms with Crippen molar-refractivity contribution in [1.82, 2.24) is 9.62 Å². The predicted octanol–water partition coefficient (Wildman–Crippen LogP) is 2.77. The third-order valence-electron chi connectivity index (χ3n) is 3.72. The van der Waals surface area contributed by atoms with Gasteiger partial charge in [0.15, 0.2) is 0 Å². The van der Waals surface area contributed by atoms with Crippen molar-refractivity contribution < 1.29 is 8.42 Å². The van der Waals surface area contributed by atoms with Crippen molar-refractivity contribution in [2.45, 2.75) is 51.6 Å². The highest BCUT2D eigenvalue weighted by atomic mass is 32.2. The monoisotopic (exact) mass is 312 g/mol. The highest BCUT2D eigenvalue weighted by Crippen LogP contribution is 2.23. The van der Waals surface area contributed by atoms with Crippen molar-refractivity contribution in [3.63, 3.8) is 0 Å². The molecule has 1 rings (SSSR count). The normalized spacial score (nSPS) is 13.9. The van der Waals surface area contributed by atoms with Crippen LogP contribution in [0.5, 0.6) is 0 Å². The summed E-state index contributed by atoms with van der Waals surface area (Å²) in [6.45, 7) is 8.68. The quantitative estimate of drug-likeness (QED) is 0.842. The second-order valence-corrected chi connectivity index (χ2v) is 8.10. The third kappa shape index (κ3) is 4.53. The maximum absolute atomic E-state index is 12.8. The standard InChI is InChI=1S/C16H28N2O2S/c1-12(2)9-14(4)18(6)21(19,20)16-10-15(11-17-5)8-7-13(16)3/h7-8,10,12,14,17H,9,11H2,1-6H3. The molecular weight excluding hydrogens is 284 g/mol. The number of aryl methyl sites for hydroxylation is 1. The van der Waals surface area contributed by atoms with E-state index in [1.54, 1.807) is 13.1 Å². The minimum absolute atomic E-state index is 0.0117. The van der Waals surface area contributed by atoms with Gasteiger partial charge in [0.25, 0.3) is 0 Å². The Kier molecular flexibility index (Phi) is 6.38. The van der Waals surface area contributed by atoms with Crippen molar-refractivity contribution in [3.8, 4) is 0 Å². The maximum atomic E-state index is 12.8. The molecule has 0 aliphatic rings. The molecule has 1 atom stereocenters. The number of hydrogen-bond acceptors (Lipinski definition) is 3. The van der Waals surface area contributed by atoms with Gasteiger partial charge in [-0.15, -0.1) is 0 Å². The second-order valence-electron chi connectivity index (χ2n) is 6.13. The van der Waals surface area contributed by atoms with Gasteiger partial charge in [0, 0.05) is 19.6 Å². The molecule has 4 nitrogen and oxygen atoms in total. The molecule has 0 bridgehead atoms. The lowest BCUT2D eigenvalue weighted by molar-refractivity contribution is 0.337. The molecule has 120 valence electrons. The van der Waals surface area contributed by atoms with E-state index in [4.69, 9.17) is 0 Å². The topological polar surface area (TPSA) is 49.4 Å². The summed E-state index contributed by atoms with van der Waals surface area (Å²) in [5, 5.41) is 3.05. The van der Waals surface area contributed by atoms with Crippen LogP contribution < -0.4 is 5.32 Å². The molecule has 0 saturated heterocycles. The Hall–Kier alpha value is -0.910. The van der Waals surface area contributed by atoms with Gasteiger partial charge in [0.05, 0.1) is 4.90 Å². The van der Waals surface area contributed by atoms with Crippen LogP contribution in [0.2, 0.25) is 0 Å². The number of nitrogens with zero attached hydrogens (tertiary/aromatic N) is 1. The van der Waals surface area contributed by atoms with Gasteiger partial charge in [-0.2, -0.15) is 4.31 Å². The Morgan fingerprint density at radius 1 is 1.24 bits per heavy atom. The minimum Gasteiger partial charge on any atom is -0.316 e. The van der Waals surface area contributed by atoms with E-state index < -0.39 is 10.0 Å². The fourth-order valence-corrected chi connectivity index (χ4v) is 4.10. The fraction of sp³-hybridized carbons (Fsp3) is 0.625. The van der Waals surface area contributed by atoms with Crippen LogP contribution in [0.15, 0.2) is 23.1 Å². The van der Waals surface area contributed by atoms with Gasteiger partial charge in [0.2, 0.25) is 10.0 Å². The van der Waals surface area contributed by atoms with Crippen LogP contribution in [0.3, 0.4) is 0 Å². The number of hydrogen-bond donors (Lipinski definition) is 1. The molecule has 1 aromatic carbocycles. The third-order valence-corrected chi connectivity index (χ3v) is 5.84. The molecule has 0 fully saturated rings. The number of benzene rings is 1. The van der Waals surface area contributed by atoms with E-state index in [0.717, 1.165) is 17.5 Å². The van der Waals surface area contributed by atoms with Gasteiger partial charge in [0.1, 0.15) is 0 Å². The van der Waals surface area contributed by atoms with E-state index in [9.17, 15) is 8.42 Å². The van der Waals surface area contributed by atoms with Gasteiger partial charge in [-0.05, 0) is 50.4 Å². The molecule has 0 aliphatic carbocycles. The van der Waals surface area contributed by atoms with Crippen molar-refractivity contribution >= 4 is 10.0 Å². The Morgan fingerprint density at radius 2 is 1.86 bits per heavy atom. The van der Waals surface area contributed by atoms with Crippen LogP contribution in [-0.4, -0.2) is 32.9 Å². The van der Waals surface area contributed by atoms with Crippen LogP contribution in [0.1, 0.15) is 38.3 Å². The molecule has 0 aliphatic heterocycles. The highest BCUT2D eigenvalue weighted by molar-refractivity contribution is 7.89. The number of nitrogens with one attached hydrogen (secondary N) is 1. The average Bonchev–Trinajstić information content (AvgIpc) is 2.39. The number of rotatable bonds is 7. The summed E-state index contributed by atoms with van der Waals surface area (Å²) in [6.07, 6.45) is 0.852. The summed E-state index contributed by atoms with van der Waals surface area (Å²) >= 11 is 0. The van der Waals surface area contributed by atoms with Crippen LogP contribution in [0.4, 0.5) is 0 Å². The molecule has 0 radical (unpaired) electrons. The van der Waals surface area contributed by atoms with Crippen molar-refractivity contribution in [3.05, 3.63) is 29.3 Å². The molecular formula is C16H28N2O2S. The van der Waals surface area contributed by atoms with Gasteiger partial charge < -0.3 is 5.32 Å². The van der Waals surface area contributed by atoms with Gasteiger partial charge in [-0.25, -0.2) is 8.42 Å². The summed E-state index contributed by atoms with van der Waals surface area (Å²) < 4.78 is 27.2. The SMILES string of the molecule is CNCc1ccc(C)c(S(=O)(=O)N(C)C(C)CC(C)C)c1. The summed E-state index contributed by atoms with van der Waals surface area (Å²) in [5.41, 5.74) is 1.77. The van der Waals surface area contributed by atoms with Crippen molar-refractivity contribution in [1.29, 1.82) is 0 Å². The van der Waals surface area contributed by atoms with E-state index >= 15 is 0 Å². The largest absolute Gasteiger partial charge is 0.316 e. The lowest BCUT2D eigenvalue weighted by Gasteiger charge is -2.26. The first kappa shape index (κ1) is 18.1. The highest BCUT2D eigenvalue weighted by Gasteiger charge is 2.27. The zero-order valence-electron chi connectivity index (χ0n) is 14.0. The van der Waals surface area contributed by atoms with Crippen LogP contribution in [-0.2, 0) is 16.6 Å². The van der Waals surface area contributed by atoms with Gasteiger partial charge in [-0.3, -0.25) is 0 Å². The molecule has 1 unspecified atom stereocenters. The molecule has 5 heteroatoms. The van der Waals surface area contributed by atoms with Gasteiger partial charge >= 0.3 is 0 Å². The Labute approximate surface area is 129 Å². The summed E-state index contributed by atoms with van der Waals surface area (Å²) in [4.78, 5) is 0.411. The zero-order valence-corrected chi connectivity index (χ0v) is 14.8. The van der Waals surface area contributed by atoms with E-state index in [0.29, 0.717) is 17.4 Å². The Morgan fingerprint density at radius 3 is 2.38 bits per heavy atom. The molecule has 0 saturated carbocycles. The Balaban J connectivity index is 3.14. The van der Waals surface area contributed by atoms with Crippen LogP contribution >= 0.6 is 0 Å². The second kappa shape index (κ2) is 7.38. The summed E-state index contributed by atoms with van der Waals surface area (Å²) in [7, 11) is 0.0755. The van der Waals surface area contributed by atoms with E-state index in [1.807, 2.05) is 33.0 Å². The molecule has 21 heavy (non-hydrogen) atoms. The first-order valence-electron chi connectivity index (χ1n) is 7.42. The first-order valence-corrected chi connectivity index (χ1v) is 8.86. The van der Waals surface area contributed by atoms with Gasteiger partial charge in [-0.1, -0.05) is 26.0 Å². The minimum atomic E-state index is -3.45. The zero-order chi connectivity index (χ0) is 16.2. The predicted molar refractivity (Wildman–Crippen MR) is 87.8 cm³/mol. The van der Waals surface area contributed by atoms with Crippen molar-refractivity contribution in [2.75, 3.05) is 14.1 Å². The maximum Gasteiger partial charge on any atom is 0.243 e. The van der Waals surface area contributed by atoms with E-state index in [-0.39, 0.29) is 6.04 Å². The summed E-state index contributed by atoms with van der Waals surface area (Å²) in [6, 6.07) is 5.60. The molecule has 0 amide bonds. The molecule has 0 aromatic heterocycles. The molecule has 0 heterocycles. The van der Waals surface area contributed by atoms with Crippen molar-refractivity contribution in [2.24, 2.45) is 5.92 Å². The first-order chi connectivity index (χ1) is 9.70. The van der Waals surface area contributed by atoms with E-state index in [2.05, 4.69) is 19.2 Å². The summed E-state index contributed by atoms with van der Waals surface area (Å²) in [5.74, 6) is 0.467. The molecule has 0 spiro atoms. The fourth-order valence-electron chi connectivity index (χ4n) is 2.46.